The van der Waals surface area contributed by atoms with E-state index in [2.05, 4.69) is 28.7 Å². The molecular formula is C18H20N4O3. The molecule has 3 rings (SSSR count). The number of H-pyrrole nitrogens is 1. The van der Waals surface area contributed by atoms with Crippen LogP contribution in [0.1, 0.15) is 13.8 Å². The molecule has 2 N–H and O–H groups in total. The average Bonchev–Trinajstić information content (AvgIpc) is 2.92. The van der Waals surface area contributed by atoms with Gasteiger partial charge in [0.2, 0.25) is 5.91 Å². The minimum absolute atomic E-state index is 0.165. The monoisotopic (exact) mass is 340 g/mol. The Morgan fingerprint density at radius 2 is 1.88 bits per heavy atom. The number of rotatable bonds is 5. The molecule has 0 aliphatic rings. The molecule has 0 aliphatic heterocycles. The van der Waals surface area contributed by atoms with Crippen molar-refractivity contribution in [2.75, 3.05) is 5.32 Å². The van der Waals surface area contributed by atoms with Crippen LogP contribution >= 0.6 is 0 Å². The van der Waals surface area contributed by atoms with Crippen molar-refractivity contribution in [3.8, 4) is 0 Å². The molecule has 2 heterocycles. The van der Waals surface area contributed by atoms with E-state index in [4.69, 9.17) is 0 Å². The van der Waals surface area contributed by atoms with Crippen molar-refractivity contribution in [3.05, 3.63) is 63.6 Å². The quantitative estimate of drug-likeness (QED) is 0.742. The topological polar surface area (TPSA) is 88.9 Å². The van der Waals surface area contributed by atoms with Gasteiger partial charge in [0.25, 0.3) is 5.56 Å². The van der Waals surface area contributed by atoms with Crippen molar-refractivity contribution in [2.24, 2.45) is 5.92 Å². The molecule has 1 aromatic carbocycles. The summed E-state index contributed by atoms with van der Waals surface area (Å²) in [6.45, 7) is 5.10. The molecule has 0 aliphatic carbocycles. The summed E-state index contributed by atoms with van der Waals surface area (Å²) in [5.74, 6) is 0.209. The van der Waals surface area contributed by atoms with Gasteiger partial charge in [0, 0.05) is 41.6 Å². The number of amides is 1. The van der Waals surface area contributed by atoms with Crippen molar-refractivity contribution in [1.82, 2.24) is 14.1 Å². The summed E-state index contributed by atoms with van der Waals surface area (Å²) in [5, 5.41) is 3.82. The summed E-state index contributed by atoms with van der Waals surface area (Å²) in [6, 6.07) is 8.93. The maximum Gasteiger partial charge on any atom is 0.328 e. The molecule has 0 saturated heterocycles. The van der Waals surface area contributed by atoms with Crippen LogP contribution in [0.15, 0.2) is 52.3 Å². The number of fused-ring (bicyclic) bond motifs is 1. The highest BCUT2D eigenvalue weighted by atomic mass is 16.2. The Bertz CT molecular complexity index is 1030. The van der Waals surface area contributed by atoms with Gasteiger partial charge in [-0.25, -0.2) is 4.79 Å². The molecule has 7 heteroatoms. The Hall–Kier alpha value is -3.09. The van der Waals surface area contributed by atoms with E-state index in [-0.39, 0.29) is 12.5 Å². The van der Waals surface area contributed by atoms with Crippen LogP contribution in [-0.2, 0) is 17.9 Å². The number of aromatic amines is 1. The minimum atomic E-state index is -0.608. The predicted molar refractivity (Wildman–Crippen MR) is 96.7 cm³/mol. The van der Waals surface area contributed by atoms with Crippen LogP contribution in [0, 0.1) is 5.92 Å². The first kappa shape index (κ1) is 16.8. The third-order valence-electron chi connectivity index (χ3n) is 3.83. The number of benzene rings is 1. The Morgan fingerprint density at radius 1 is 1.12 bits per heavy atom. The van der Waals surface area contributed by atoms with E-state index in [9.17, 15) is 14.4 Å². The second-order valence-corrected chi connectivity index (χ2v) is 6.42. The number of nitrogens with one attached hydrogen (secondary N) is 2. The first-order chi connectivity index (χ1) is 11.9. The Labute approximate surface area is 143 Å². The van der Waals surface area contributed by atoms with E-state index < -0.39 is 11.2 Å². The van der Waals surface area contributed by atoms with Crippen molar-refractivity contribution < 1.29 is 4.79 Å². The van der Waals surface area contributed by atoms with Gasteiger partial charge in [-0.2, -0.15) is 0 Å². The van der Waals surface area contributed by atoms with Crippen LogP contribution in [0.2, 0.25) is 0 Å². The smallest absolute Gasteiger partial charge is 0.328 e. The molecule has 0 saturated carbocycles. The first-order valence-electron chi connectivity index (χ1n) is 8.11. The fourth-order valence-corrected chi connectivity index (χ4v) is 2.75. The summed E-state index contributed by atoms with van der Waals surface area (Å²) >= 11 is 0. The number of nitrogens with zero attached hydrogens (tertiary/aromatic N) is 2. The molecule has 25 heavy (non-hydrogen) atoms. The molecule has 2 aromatic heterocycles. The molecule has 0 fully saturated rings. The highest BCUT2D eigenvalue weighted by Gasteiger charge is 2.08. The zero-order chi connectivity index (χ0) is 18.0. The highest BCUT2D eigenvalue weighted by Crippen LogP contribution is 2.21. The number of aromatic nitrogens is 3. The molecule has 130 valence electrons. The fourth-order valence-electron chi connectivity index (χ4n) is 2.75. The lowest BCUT2D eigenvalue weighted by Gasteiger charge is -2.10. The third-order valence-corrected chi connectivity index (χ3v) is 3.83. The normalized spacial score (nSPS) is 11.2. The van der Waals surface area contributed by atoms with E-state index in [1.807, 2.05) is 30.5 Å². The second kappa shape index (κ2) is 6.80. The van der Waals surface area contributed by atoms with Crippen LogP contribution in [-0.4, -0.2) is 20.0 Å². The molecule has 0 bridgehead atoms. The maximum absolute atomic E-state index is 12.1. The average molecular weight is 340 g/mol. The van der Waals surface area contributed by atoms with Crippen LogP contribution in [0.3, 0.4) is 0 Å². The van der Waals surface area contributed by atoms with Crippen molar-refractivity contribution in [2.45, 2.75) is 26.9 Å². The lowest BCUT2D eigenvalue weighted by Crippen LogP contribution is -2.32. The van der Waals surface area contributed by atoms with Gasteiger partial charge in [0.1, 0.15) is 6.54 Å². The second-order valence-electron chi connectivity index (χ2n) is 6.42. The predicted octanol–water partition coefficient (Wildman–Crippen LogP) is 1.79. The van der Waals surface area contributed by atoms with Gasteiger partial charge in [0.15, 0.2) is 0 Å². The molecule has 7 nitrogen and oxygen atoms in total. The highest BCUT2D eigenvalue weighted by molar-refractivity contribution is 5.93. The largest absolute Gasteiger partial charge is 0.347 e. The van der Waals surface area contributed by atoms with E-state index >= 15 is 0 Å². The van der Waals surface area contributed by atoms with Crippen LogP contribution in [0.25, 0.3) is 10.9 Å². The Morgan fingerprint density at radius 3 is 2.60 bits per heavy atom. The summed E-state index contributed by atoms with van der Waals surface area (Å²) in [5.41, 5.74) is 0.683. The van der Waals surface area contributed by atoms with Gasteiger partial charge < -0.3 is 9.88 Å². The van der Waals surface area contributed by atoms with Gasteiger partial charge >= 0.3 is 5.69 Å². The zero-order valence-electron chi connectivity index (χ0n) is 14.2. The molecule has 1 amide bonds. The van der Waals surface area contributed by atoms with Crippen LogP contribution in [0.5, 0.6) is 0 Å². The Balaban J connectivity index is 1.75. The van der Waals surface area contributed by atoms with Gasteiger partial charge in [-0.15, -0.1) is 0 Å². The number of carbonyl (C=O) groups excluding carboxylic acids is 1. The number of hydrogen-bond acceptors (Lipinski definition) is 3. The van der Waals surface area contributed by atoms with Crippen LogP contribution in [0.4, 0.5) is 5.69 Å². The fraction of sp³-hybridized carbons (Fsp3) is 0.278. The minimum Gasteiger partial charge on any atom is -0.347 e. The number of carbonyl (C=O) groups is 1. The van der Waals surface area contributed by atoms with E-state index in [1.165, 1.54) is 12.3 Å². The third kappa shape index (κ3) is 3.88. The molecule has 0 unspecified atom stereocenters. The standard InChI is InChI=1S/C18H20N4O3/c1-12(2)10-21-7-5-13-9-14(3-4-15(13)21)19-17(24)11-22-8-6-16(23)20-18(22)25/h3-9,12H,10-11H2,1-2H3,(H,19,24)(H,20,23,25). The molecule has 0 atom stereocenters. The van der Waals surface area contributed by atoms with Gasteiger partial charge in [-0.05, 0) is 30.2 Å². The summed E-state index contributed by atoms with van der Waals surface area (Å²) < 4.78 is 3.33. The SMILES string of the molecule is CC(C)Cn1ccc2cc(NC(=O)Cn3ccc(=O)[nH]c3=O)ccc21. The summed E-state index contributed by atoms with van der Waals surface area (Å²) in [4.78, 5) is 36.9. The Kier molecular flexibility index (Phi) is 4.56. The molecular weight excluding hydrogens is 320 g/mol. The molecule has 0 radical (unpaired) electrons. The summed E-state index contributed by atoms with van der Waals surface area (Å²) in [6.07, 6.45) is 3.34. The van der Waals surface area contributed by atoms with Crippen molar-refractivity contribution in [1.29, 1.82) is 0 Å². The maximum atomic E-state index is 12.1. The van der Waals surface area contributed by atoms with Crippen molar-refractivity contribution >= 4 is 22.5 Å². The van der Waals surface area contributed by atoms with E-state index in [0.717, 1.165) is 22.0 Å². The number of anilines is 1. The summed E-state index contributed by atoms with van der Waals surface area (Å²) in [7, 11) is 0. The molecule has 3 aromatic rings. The van der Waals surface area contributed by atoms with E-state index in [0.29, 0.717) is 11.6 Å². The lowest BCUT2D eigenvalue weighted by atomic mass is 10.2. The lowest BCUT2D eigenvalue weighted by molar-refractivity contribution is -0.116. The van der Waals surface area contributed by atoms with Crippen LogP contribution < -0.4 is 16.6 Å². The van der Waals surface area contributed by atoms with Gasteiger partial charge in [-0.1, -0.05) is 13.8 Å². The van der Waals surface area contributed by atoms with E-state index in [1.54, 1.807) is 0 Å². The van der Waals surface area contributed by atoms with Gasteiger partial charge in [-0.3, -0.25) is 19.1 Å². The first-order valence-corrected chi connectivity index (χ1v) is 8.11. The van der Waals surface area contributed by atoms with Crippen molar-refractivity contribution in [3.63, 3.8) is 0 Å². The number of hydrogen-bond donors (Lipinski definition) is 2. The molecule has 0 spiro atoms. The zero-order valence-corrected chi connectivity index (χ0v) is 14.2. The van der Waals surface area contributed by atoms with Gasteiger partial charge in [0.05, 0.1) is 0 Å².